The molecule has 0 aromatic heterocycles. The van der Waals surface area contributed by atoms with Crippen molar-refractivity contribution in [3.63, 3.8) is 0 Å². The summed E-state index contributed by atoms with van der Waals surface area (Å²) in [6, 6.07) is 2.29. The summed E-state index contributed by atoms with van der Waals surface area (Å²) in [6.07, 6.45) is 0. The van der Waals surface area contributed by atoms with E-state index in [4.69, 9.17) is 4.74 Å². The zero-order valence-electron chi connectivity index (χ0n) is 8.50. The molecule has 0 atom stereocenters. The van der Waals surface area contributed by atoms with Gasteiger partial charge in [-0.1, -0.05) is 0 Å². The van der Waals surface area contributed by atoms with Crippen LogP contribution in [0.3, 0.4) is 0 Å². The summed E-state index contributed by atoms with van der Waals surface area (Å²) in [4.78, 5) is 11.4. The smallest absolute Gasteiger partial charge is 0.194 e. The second-order valence-corrected chi connectivity index (χ2v) is 2.96. The van der Waals surface area contributed by atoms with Gasteiger partial charge < -0.3 is 15.2 Å². The molecule has 0 aliphatic carbocycles. The summed E-state index contributed by atoms with van der Waals surface area (Å²) >= 11 is 0. The van der Waals surface area contributed by atoms with E-state index in [2.05, 4.69) is 5.32 Å². The number of likely N-dealkylation sites (N-methyl/N-ethyl adjacent to an activating group) is 1. The van der Waals surface area contributed by atoms with E-state index in [0.717, 1.165) is 6.07 Å². The van der Waals surface area contributed by atoms with E-state index in [1.807, 2.05) is 0 Å². The van der Waals surface area contributed by atoms with Crippen molar-refractivity contribution in [3.8, 4) is 11.5 Å². The van der Waals surface area contributed by atoms with Gasteiger partial charge >= 0.3 is 0 Å². The highest BCUT2D eigenvalue weighted by atomic mass is 19.1. The third kappa shape index (κ3) is 2.44. The highest BCUT2D eigenvalue weighted by Gasteiger charge is 2.14. The van der Waals surface area contributed by atoms with E-state index in [9.17, 15) is 14.3 Å². The molecular formula is C10H12FNO3. The molecule has 0 bridgehead atoms. The lowest BCUT2D eigenvalue weighted by Crippen LogP contribution is -2.18. The molecule has 0 spiro atoms. The maximum absolute atomic E-state index is 13.1. The largest absolute Gasteiger partial charge is 0.502 e. The van der Waals surface area contributed by atoms with E-state index in [-0.39, 0.29) is 23.6 Å². The fourth-order valence-electron chi connectivity index (χ4n) is 1.15. The summed E-state index contributed by atoms with van der Waals surface area (Å²) in [6.45, 7) is 0.105. The Kier molecular flexibility index (Phi) is 3.62. The minimum absolute atomic E-state index is 0.0468. The van der Waals surface area contributed by atoms with Gasteiger partial charge in [-0.15, -0.1) is 0 Å². The zero-order valence-corrected chi connectivity index (χ0v) is 8.50. The molecule has 0 fully saturated rings. The molecule has 5 heteroatoms. The highest BCUT2D eigenvalue weighted by Crippen LogP contribution is 2.30. The summed E-state index contributed by atoms with van der Waals surface area (Å²) in [5, 5.41) is 11.9. The first-order valence-corrected chi connectivity index (χ1v) is 4.34. The molecule has 82 valence electrons. The Labute approximate surface area is 86.7 Å². The number of aromatic hydroxyl groups is 1. The van der Waals surface area contributed by atoms with Crippen LogP contribution in [0.25, 0.3) is 0 Å². The number of carbonyl (C=O) groups is 1. The van der Waals surface area contributed by atoms with Gasteiger partial charge in [0.2, 0.25) is 0 Å². The number of phenols is 1. The first-order valence-electron chi connectivity index (χ1n) is 4.34. The van der Waals surface area contributed by atoms with Gasteiger partial charge in [-0.25, -0.2) is 4.39 Å². The van der Waals surface area contributed by atoms with Gasteiger partial charge in [-0.3, -0.25) is 4.79 Å². The fraction of sp³-hybridized carbons (Fsp3) is 0.300. The van der Waals surface area contributed by atoms with Crippen molar-refractivity contribution >= 4 is 5.78 Å². The molecule has 0 radical (unpaired) electrons. The second kappa shape index (κ2) is 4.75. The zero-order chi connectivity index (χ0) is 11.4. The van der Waals surface area contributed by atoms with E-state index in [1.165, 1.54) is 13.2 Å². The van der Waals surface area contributed by atoms with E-state index in [0.29, 0.717) is 0 Å². The predicted molar refractivity (Wildman–Crippen MR) is 52.9 cm³/mol. The van der Waals surface area contributed by atoms with Gasteiger partial charge in [0.05, 0.1) is 13.7 Å². The SMILES string of the molecule is CNCC(=O)c1cc(F)c(O)c(OC)c1. The Hall–Kier alpha value is -1.62. The van der Waals surface area contributed by atoms with Crippen molar-refractivity contribution in [2.24, 2.45) is 0 Å². The molecule has 1 rings (SSSR count). The first-order chi connectivity index (χ1) is 7.10. The number of ether oxygens (including phenoxy) is 1. The second-order valence-electron chi connectivity index (χ2n) is 2.96. The maximum Gasteiger partial charge on any atom is 0.194 e. The van der Waals surface area contributed by atoms with Gasteiger partial charge in [0.1, 0.15) is 0 Å². The van der Waals surface area contributed by atoms with Crippen LogP contribution in [0.2, 0.25) is 0 Å². The monoisotopic (exact) mass is 213 g/mol. The molecule has 0 aliphatic rings. The minimum atomic E-state index is -0.867. The minimum Gasteiger partial charge on any atom is -0.502 e. The van der Waals surface area contributed by atoms with Crippen molar-refractivity contribution in [2.45, 2.75) is 0 Å². The number of ketones is 1. The van der Waals surface area contributed by atoms with Crippen LogP contribution >= 0.6 is 0 Å². The maximum atomic E-state index is 13.1. The molecule has 15 heavy (non-hydrogen) atoms. The number of hydrogen-bond acceptors (Lipinski definition) is 4. The normalized spacial score (nSPS) is 10.1. The van der Waals surface area contributed by atoms with Crippen molar-refractivity contribution in [1.29, 1.82) is 0 Å². The number of carbonyl (C=O) groups excluding carboxylic acids is 1. The number of nitrogens with one attached hydrogen (secondary N) is 1. The predicted octanol–water partition coefficient (Wildman–Crippen LogP) is 0.942. The number of hydrogen-bond donors (Lipinski definition) is 2. The third-order valence-electron chi connectivity index (χ3n) is 1.91. The molecule has 0 amide bonds. The Bertz CT molecular complexity index is 379. The van der Waals surface area contributed by atoms with Gasteiger partial charge in [0.25, 0.3) is 0 Å². The number of phenolic OH excluding ortho intramolecular Hbond substituents is 1. The van der Waals surface area contributed by atoms with Crippen LogP contribution in [-0.4, -0.2) is 31.6 Å². The van der Waals surface area contributed by atoms with Crippen molar-refractivity contribution < 1.29 is 19.0 Å². The number of halogens is 1. The quantitative estimate of drug-likeness (QED) is 0.731. The summed E-state index contributed by atoms with van der Waals surface area (Å²) in [7, 11) is 2.91. The molecule has 0 aliphatic heterocycles. The van der Waals surface area contributed by atoms with E-state index < -0.39 is 11.6 Å². The van der Waals surface area contributed by atoms with Crippen LogP contribution in [0.15, 0.2) is 12.1 Å². The molecule has 4 nitrogen and oxygen atoms in total. The Morgan fingerprint density at radius 2 is 2.27 bits per heavy atom. The Morgan fingerprint density at radius 1 is 1.60 bits per heavy atom. The number of methoxy groups -OCH3 is 1. The topological polar surface area (TPSA) is 58.6 Å². The molecule has 1 aromatic carbocycles. The average molecular weight is 213 g/mol. The average Bonchev–Trinajstić information content (AvgIpc) is 2.22. The van der Waals surface area contributed by atoms with Crippen LogP contribution in [0.1, 0.15) is 10.4 Å². The van der Waals surface area contributed by atoms with Crippen LogP contribution in [0.5, 0.6) is 11.5 Å². The van der Waals surface area contributed by atoms with Crippen molar-refractivity contribution in [3.05, 3.63) is 23.5 Å². The molecule has 0 saturated heterocycles. The third-order valence-corrected chi connectivity index (χ3v) is 1.91. The number of rotatable bonds is 4. The standard InChI is InChI=1S/C10H12FNO3/c1-12-5-8(13)6-3-7(11)10(14)9(4-6)15-2/h3-4,12,14H,5H2,1-2H3. The van der Waals surface area contributed by atoms with Gasteiger partial charge in [-0.05, 0) is 19.2 Å². The number of benzene rings is 1. The van der Waals surface area contributed by atoms with Crippen molar-refractivity contribution in [2.75, 3.05) is 20.7 Å². The lowest BCUT2D eigenvalue weighted by atomic mass is 10.1. The van der Waals surface area contributed by atoms with Crippen molar-refractivity contribution in [1.82, 2.24) is 5.32 Å². The highest BCUT2D eigenvalue weighted by molar-refractivity contribution is 5.98. The summed E-state index contributed by atoms with van der Waals surface area (Å²) in [5.74, 6) is -1.77. The van der Waals surface area contributed by atoms with Gasteiger partial charge in [0.15, 0.2) is 23.1 Å². The lowest BCUT2D eigenvalue weighted by molar-refractivity contribution is 0.0992. The summed E-state index contributed by atoms with van der Waals surface area (Å²) in [5.41, 5.74) is 0.163. The van der Waals surface area contributed by atoms with Crippen LogP contribution in [0.4, 0.5) is 4.39 Å². The fourth-order valence-corrected chi connectivity index (χ4v) is 1.15. The van der Waals surface area contributed by atoms with Crippen LogP contribution in [0, 0.1) is 5.82 Å². The molecule has 0 heterocycles. The molecule has 2 N–H and O–H groups in total. The first kappa shape index (κ1) is 11.5. The molecule has 1 aromatic rings. The Morgan fingerprint density at radius 3 is 2.80 bits per heavy atom. The van der Waals surface area contributed by atoms with Crippen LogP contribution in [-0.2, 0) is 0 Å². The molecule has 0 unspecified atom stereocenters. The number of Topliss-reactive ketones (excluding diaryl/α,β-unsaturated/α-hetero) is 1. The molecular weight excluding hydrogens is 201 g/mol. The molecule has 0 saturated carbocycles. The van der Waals surface area contributed by atoms with Crippen LogP contribution < -0.4 is 10.1 Å². The van der Waals surface area contributed by atoms with Gasteiger partial charge in [-0.2, -0.15) is 0 Å². The Balaban J connectivity index is 3.10. The van der Waals surface area contributed by atoms with E-state index >= 15 is 0 Å². The lowest BCUT2D eigenvalue weighted by Gasteiger charge is -2.07. The van der Waals surface area contributed by atoms with Gasteiger partial charge in [0, 0.05) is 5.56 Å². The summed E-state index contributed by atoms with van der Waals surface area (Å²) < 4.78 is 17.9. The van der Waals surface area contributed by atoms with E-state index in [1.54, 1.807) is 7.05 Å².